The van der Waals surface area contributed by atoms with Crippen molar-refractivity contribution in [2.45, 2.75) is 6.54 Å². The summed E-state index contributed by atoms with van der Waals surface area (Å²) in [5.41, 5.74) is 6.31. The molecule has 1 aromatic carbocycles. The molecule has 3 N–H and O–H groups in total. The van der Waals surface area contributed by atoms with Crippen LogP contribution in [0.5, 0.6) is 0 Å². The van der Waals surface area contributed by atoms with Crippen LogP contribution in [0.25, 0.3) is 0 Å². The van der Waals surface area contributed by atoms with E-state index in [1.807, 2.05) is 0 Å². The molecule has 0 unspecified atom stereocenters. The Morgan fingerprint density at radius 3 is 2.89 bits per heavy atom. The van der Waals surface area contributed by atoms with Gasteiger partial charge in [-0.25, -0.2) is 4.39 Å². The van der Waals surface area contributed by atoms with Crippen LogP contribution in [0.3, 0.4) is 0 Å². The van der Waals surface area contributed by atoms with Gasteiger partial charge in [0.25, 0.3) is 0 Å². The van der Waals surface area contributed by atoms with Crippen LogP contribution < -0.4 is 11.1 Å². The Bertz CT molecular complexity index is 426. The molecule has 0 atom stereocenters. The number of methoxy groups -OCH3 is 1. The summed E-state index contributed by atoms with van der Waals surface area (Å²) in [5.74, 6) is -0.522. The van der Waals surface area contributed by atoms with E-state index >= 15 is 0 Å². The van der Waals surface area contributed by atoms with Crippen molar-refractivity contribution in [3.8, 4) is 0 Å². The zero-order valence-corrected chi connectivity index (χ0v) is 11.3. The molecule has 0 aliphatic rings. The van der Waals surface area contributed by atoms with E-state index in [0.717, 1.165) is 5.56 Å². The molecule has 0 saturated heterocycles. The maximum Gasteiger partial charge on any atom is 0.234 e. The fourth-order valence-corrected chi connectivity index (χ4v) is 1.63. The molecule has 5 nitrogen and oxygen atoms in total. The van der Waals surface area contributed by atoms with Crippen LogP contribution >= 0.6 is 0 Å². The molecule has 0 aliphatic heterocycles. The van der Waals surface area contributed by atoms with E-state index in [-0.39, 0.29) is 18.1 Å². The zero-order chi connectivity index (χ0) is 14.3. The van der Waals surface area contributed by atoms with E-state index in [9.17, 15) is 9.18 Å². The first-order valence-corrected chi connectivity index (χ1v) is 6.01. The molecule has 0 bridgehead atoms. The summed E-state index contributed by atoms with van der Waals surface area (Å²) in [5, 5.41) is 2.72. The van der Waals surface area contributed by atoms with Gasteiger partial charge in [0, 0.05) is 20.2 Å². The third-order valence-electron chi connectivity index (χ3n) is 2.56. The first-order valence-electron chi connectivity index (χ1n) is 6.01. The minimum atomic E-state index is -0.435. The van der Waals surface area contributed by atoms with E-state index in [4.69, 9.17) is 10.5 Å². The monoisotopic (exact) mass is 269 g/mol. The van der Waals surface area contributed by atoms with Crippen molar-refractivity contribution in [2.24, 2.45) is 0 Å². The van der Waals surface area contributed by atoms with Crippen molar-refractivity contribution in [1.82, 2.24) is 10.2 Å². The lowest BCUT2D eigenvalue weighted by Crippen LogP contribution is -2.36. The van der Waals surface area contributed by atoms with E-state index in [0.29, 0.717) is 19.7 Å². The number of nitrogens with zero attached hydrogens (tertiary/aromatic N) is 1. The Morgan fingerprint density at radius 1 is 1.53 bits per heavy atom. The van der Waals surface area contributed by atoms with E-state index < -0.39 is 5.82 Å². The molecule has 1 amide bonds. The highest BCUT2D eigenvalue weighted by molar-refractivity contribution is 5.77. The molecule has 1 rings (SSSR count). The predicted molar refractivity (Wildman–Crippen MR) is 72.0 cm³/mol. The number of ether oxygens (including phenoxy) is 1. The van der Waals surface area contributed by atoms with Crippen LogP contribution in [0.1, 0.15) is 5.56 Å². The summed E-state index contributed by atoms with van der Waals surface area (Å²) in [4.78, 5) is 13.3. The number of benzene rings is 1. The fourth-order valence-electron chi connectivity index (χ4n) is 1.63. The number of halogens is 1. The number of nitrogens with one attached hydrogen (secondary N) is 1. The Morgan fingerprint density at radius 2 is 2.26 bits per heavy atom. The second-order valence-electron chi connectivity index (χ2n) is 4.37. The average Bonchev–Trinajstić information content (AvgIpc) is 2.34. The summed E-state index contributed by atoms with van der Waals surface area (Å²) in [7, 11) is 3.37. The van der Waals surface area contributed by atoms with Crippen LogP contribution in [0, 0.1) is 5.82 Å². The molecule has 0 aliphatic carbocycles. The fraction of sp³-hybridized carbons (Fsp3) is 0.462. The van der Waals surface area contributed by atoms with Gasteiger partial charge in [0.2, 0.25) is 5.91 Å². The van der Waals surface area contributed by atoms with Gasteiger partial charge in [-0.3, -0.25) is 9.69 Å². The first kappa shape index (κ1) is 15.4. The SMILES string of the molecule is COCCNC(=O)CN(C)Cc1ccc(N)c(F)c1. The molecule has 6 heteroatoms. The summed E-state index contributed by atoms with van der Waals surface area (Å²) in [6, 6.07) is 4.66. The lowest BCUT2D eigenvalue weighted by Gasteiger charge is -2.16. The van der Waals surface area contributed by atoms with Gasteiger partial charge in [0.05, 0.1) is 18.8 Å². The largest absolute Gasteiger partial charge is 0.396 e. The maximum atomic E-state index is 13.3. The Balaban J connectivity index is 2.39. The molecule has 0 heterocycles. The van der Waals surface area contributed by atoms with Crippen molar-refractivity contribution in [3.63, 3.8) is 0 Å². The lowest BCUT2D eigenvalue weighted by atomic mass is 10.2. The van der Waals surface area contributed by atoms with Crippen LogP contribution in [-0.4, -0.2) is 44.7 Å². The second-order valence-corrected chi connectivity index (χ2v) is 4.37. The normalized spacial score (nSPS) is 10.7. The molecule has 106 valence electrons. The summed E-state index contributed by atoms with van der Waals surface area (Å²) >= 11 is 0. The van der Waals surface area contributed by atoms with Crippen molar-refractivity contribution < 1.29 is 13.9 Å². The molecule has 1 aromatic rings. The van der Waals surface area contributed by atoms with Crippen LogP contribution in [0.4, 0.5) is 10.1 Å². The number of amides is 1. The summed E-state index contributed by atoms with van der Waals surface area (Å²) in [6.45, 7) is 1.70. The molecule has 0 aromatic heterocycles. The number of nitrogen functional groups attached to an aromatic ring is 1. The van der Waals surface area contributed by atoms with Gasteiger partial charge < -0.3 is 15.8 Å². The van der Waals surface area contributed by atoms with E-state index in [2.05, 4.69) is 5.32 Å². The average molecular weight is 269 g/mol. The minimum absolute atomic E-state index is 0.0875. The van der Waals surface area contributed by atoms with Gasteiger partial charge in [0.15, 0.2) is 0 Å². The van der Waals surface area contributed by atoms with Crippen LogP contribution in [0.2, 0.25) is 0 Å². The summed E-state index contributed by atoms with van der Waals surface area (Å²) < 4.78 is 18.1. The number of carbonyl (C=O) groups excluding carboxylic acids is 1. The van der Waals surface area contributed by atoms with Gasteiger partial charge in [0.1, 0.15) is 5.82 Å². The number of nitrogens with two attached hydrogens (primary N) is 1. The number of likely N-dealkylation sites (N-methyl/N-ethyl adjacent to an activating group) is 1. The van der Waals surface area contributed by atoms with E-state index in [1.165, 1.54) is 12.1 Å². The Hall–Kier alpha value is -1.66. The first-order chi connectivity index (χ1) is 9.02. The van der Waals surface area contributed by atoms with Gasteiger partial charge >= 0.3 is 0 Å². The highest BCUT2D eigenvalue weighted by Gasteiger charge is 2.08. The molecular weight excluding hydrogens is 249 g/mol. The number of hydrogen-bond donors (Lipinski definition) is 2. The van der Waals surface area contributed by atoms with Crippen molar-refractivity contribution >= 4 is 11.6 Å². The standard InChI is InChI=1S/C13H20FN3O2/c1-17(9-13(18)16-5-6-19-2)8-10-3-4-12(15)11(14)7-10/h3-4,7H,5-6,8-9,15H2,1-2H3,(H,16,18). The van der Waals surface area contributed by atoms with Gasteiger partial charge in [-0.2, -0.15) is 0 Å². The minimum Gasteiger partial charge on any atom is -0.396 e. The molecule has 19 heavy (non-hydrogen) atoms. The molecule has 0 radical (unpaired) electrons. The number of anilines is 1. The smallest absolute Gasteiger partial charge is 0.234 e. The molecule has 0 saturated carbocycles. The van der Waals surface area contributed by atoms with Crippen LogP contribution in [-0.2, 0) is 16.1 Å². The molecule has 0 spiro atoms. The maximum absolute atomic E-state index is 13.3. The molecular formula is C13H20FN3O2. The topological polar surface area (TPSA) is 67.6 Å². The van der Waals surface area contributed by atoms with Crippen LogP contribution in [0.15, 0.2) is 18.2 Å². The van der Waals surface area contributed by atoms with Gasteiger partial charge in [-0.15, -0.1) is 0 Å². The number of hydrogen-bond acceptors (Lipinski definition) is 4. The predicted octanol–water partition coefficient (Wildman–Crippen LogP) is 0.602. The van der Waals surface area contributed by atoms with Crippen molar-refractivity contribution in [1.29, 1.82) is 0 Å². The van der Waals surface area contributed by atoms with Gasteiger partial charge in [-0.05, 0) is 24.7 Å². The number of rotatable bonds is 7. The van der Waals surface area contributed by atoms with Crippen molar-refractivity contribution in [2.75, 3.05) is 39.6 Å². The zero-order valence-electron chi connectivity index (χ0n) is 11.3. The summed E-state index contributed by atoms with van der Waals surface area (Å²) in [6.07, 6.45) is 0. The quantitative estimate of drug-likeness (QED) is 0.562. The highest BCUT2D eigenvalue weighted by Crippen LogP contribution is 2.13. The Labute approximate surface area is 112 Å². The van der Waals surface area contributed by atoms with Crippen molar-refractivity contribution in [3.05, 3.63) is 29.6 Å². The van der Waals surface area contributed by atoms with Gasteiger partial charge in [-0.1, -0.05) is 6.07 Å². The lowest BCUT2D eigenvalue weighted by molar-refractivity contribution is -0.122. The Kier molecular flexibility index (Phi) is 6.24. The van der Waals surface area contributed by atoms with E-state index in [1.54, 1.807) is 25.1 Å². The highest BCUT2D eigenvalue weighted by atomic mass is 19.1. The third-order valence-corrected chi connectivity index (χ3v) is 2.56. The number of carbonyl (C=O) groups is 1. The third kappa shape index (κ3) is 5.67. The second kappa shape index (κ2) is 7.70. The molecule has 0 fully saturated rings.